The van der Waals surface area contributed by atoms with Crippen molar-refractivity contribution in [2.45, 2.75) is 58.2 Å². The van der Waals surface area contributed by atoms with Gasteiger partial charge in [-0.2, -0.15) is 0 Å². The van der Waals surface area contributed by atoms with Crippen LogP contribution < -0.4 is 10.1 Å². The molecule has 156 valence electrons. The first-order valence-corrected chi connectivity index (χ1v) is 10.3. The molecule has 0 bridgehead atoms. The first kappa shape index (κ1) is 20.9. The fourth-order valence-corrected chi connectivity index (χ4v) is 3.82. The highest BCUT2D eigenvalue weighted by atomic mass is 16.5. The Morgan fingerprint density at radius 2 is 1.90 bits per heavy atom. The molecule has 0 aliphatic carbocycles. The summed E-state index contributed by atoms with van der Waals surface area (Å²) in [5, 5.41) is 2.91. The largest absolute Gasteiger partial charge is 0.484 e. The van der Waals surface area contributed by atoms with Crippen molar-refractivity contribution in [1.29, 1.82) is 0 Å². The first-order valence-electron chi connectivity index (χ1n) is 10.3. The Balaban J connectivity index is 1.42. The number of aromatic nitrogens is 2. The number of amides is 2. The van der Waals surface area contributed by atoms with Gasteiger partial charge in [0.1, 0.15) is 5.75 Å². The number of likely N-dealkylation sites (tertiary alicyclic amines) is 1. The van der Waals surface area contributed by atoms with Gasteiger partial charge in [0.15, 0.2) is 6.61 Å². The monoisotopic (exact) mass is 398 g/mol. The summed E-state index contributed by atoms with van der Waals surface area (Å²) in [5.74, 6) is 0.492. The van der Waals surface area contributed by atoms with Crippen molar-refractivity contribution in [3.8, 4) is 5.75 Å². The molecular weight excluding hydrogens is 368 g/mol. The molecule has 1 aliphatic heterocycles. The van der Waals surface area contributed by atoms with Gasteiger partial charge in [-0.05, 0) is 63.8 Å². The number of carbonyl (C=O) groups is 2. The van der Waals surface area contributed by atoms with Crippen molar-refractivity contribution in [3.05, 3.63) is 48.5 Å². The highest BCUT2D eigenvalue weighted by molar-refractivity contribution is 5.94. The lowest BCUT2D eigenvalue weighted by molar-refractivity contribution is -0.139. The van der Waals surface area contributed by atoms with Crippen LogP contribution in [0, 0.1) is 0 Å². The molecule has 7 nitrogen and oxygen atoms in total. The van der Waals surface area contributed by atoms with Gasteiger partial charge in [-0.25, -0.2) is 4.98 Å². The molecule has 2 amide bonds. The van der Waals surface area contributed by atoms with Crippen molar-refractivity contribution in [3.63, 3.8) is 0 Å². The molecule has 1 fully saturated rings. The normalized spacial score (nSPS) is 19.0. The smallest absolute Gasteiger partial charge is 0.260 e. The Morgan fingerprint density at radius 1 is 1.17 bits per heavy atom. The van der Waals surface area contributed by atoms with Crippen molar-refractivity contribution in [1.82, 2.24) is 19.8 Å². The first-order chi connectivity index (χ1) is 14.0. The number of rotatable bonds is 8. The van der Waals surface area contributed by atoms with E-state index in [1.165, 1.54) is 6.42 Å². The van der Waals surface area contributed by atoms with Crippen LogP contribution >= 0.6 is 0 Å². The van der Waals surface area contributed by atoms with Crippen LogP contribution in [0.15, 0.2) is 43.0 Å². The van der Waals surface area contributed by atoms with E-state index in [9.17, 15) is 9.59 Å². The van der Waals surface area contributed by atoms with Crippen LogP contribution in [0.25, 0.3) is 0 Å². The van der Waals surface area contributed by atoms with Gasteiger partial charge < -0.3 is 19.5 Å². The summed E-state index contributed by atoms with van der Waals surface area (Å²) in [6, 6.07) is 7.42. The predicted octanol–water partition coefficient (Wildman–Crippen LogP) is 2.87. The molecular formula is C22H30N4O3. The van der Waals surface area contributed by atoms with Crippen LogP contribution in [0.1, 0.15) is 49.9 Å². The second-order valence-electron chi connectivity index (χ2n) is 7.65. The van der Waals surface area contributed by atoms with E-state index in [2.05, 4.69) is 24.1 Å². The minimum atomic E-state index is -0.116. The van der Waals surface area contributed by atoms with Crippen molar-refractivity contribution >= 4 is 11.8 Å². The van der Waals surface area contributed by atoms with Gasteiger partial charge in [0, 0.05) is 43.1 Å². The second-order valence-corrected chi connectivity index (χ2v) is 7.65. The number of imidazole rings is 1. The topological polar surface area (TPSA) is 76.5 Å². The second kappa shape index (κ2) is 10.1. The molecule has 1 saturated heterocycles. The van der Waals surface area contributed by atoms with E-state index in [0.29, 0.717) is 17.9 Å². The SMILES string of the molecule is CC1CCCC(C)N1C(=O)COc1ccc(C(=O)NCCCn2ccnc2)cc1. The van der Waals surface area contributed by atoms with E-state index in [4.69, 9.17) is 4.74 Å². The van der Waals surface area contributed by atoms with Gasteiger partial charge >= 0.3 is 0 Å². The molecule has 1 N–H and O–H groups in total. The van der Waals surface area contributed by atoms with E-state index in [-0.39, 0.29) is 30.5 Å². The van der Waals surface area contributed by atoms with Gasteiger partial charge in [-0.1, -0.05) is 0 Å². The fraction of sp³-hybridized carbons (Fsp3) is 0.500. The van der Waals surface area contributed by atoms with Gasteiger partial charge in [0.2, 0.25) is 0 Å². The van der Waals surface area contributed by atoms with Gasteiger partial charge in [0.25, 0.3) is 11.8 Å². The van der Waals surface area contributed by atoms with Gasteiger partial charge in [0.05, 0.1) is 6.33 Å². The predicted molar refractivity (Wildman–Crippen MR) is 111 cm³/mol. The van der Waals surface area contributed by atoms with Crippen molar-refractivity contribution in [2.75, 3.05) is 13.2 Å². The number of aryl methyl sites for hydroxylation is 1. The minimum Gasteiger partial charge on any atom is -0.484 e. The number of hydrogen-bond acceptors (Lipinski definition) is 4. The summed E-state index contributed by atoms with van der Waals surface area (Å²) in [6.45, 7) is 5.62. The average molecular weight is 399 g/mol. The van der Waals surface area contributed by atoms with E-state index >= 15 is 0 Å². The van der Waals surface area contributed by atoms with E-state index in [1.807, 2.05) is 15.7 Å². The van der Waals surface area contributed by atoms with Crippen LogP contribution in [0.3, 0.4) is 0 Å². The molecule has 29 heavy (non-hydrogen) atoms. The molecule has 0 saturated carbocycles. The molecule has 0 spiro atoms. The summed E-state index contributed by atoms with van der Waals surface area (Å²) in [5.41, 5.74) is 0.574. The Kier molecular flexibility index (Phi) is 7.27. The van der Waals surface area contributed by atoms with E-state index in [1.54, 1.807) is 36.8 Å². The summed E-state index contributed by atoms with van der Waals surface area (Å²) < 4.78 is 7.64. The number of nitrogens with zero attached hydrogens (tertiary/aromatic N) is 3. The number of ether oxygens (including phenoxy) is 1. The lowest BCUT2D eigenvalue weighted by atomic mass is 9.97. The molecule has 2 aromatic rings. The maximum Gasteiger partial charge on any atom is 0.260 e. The van der Waals surface area contributed by atoms with Crippen LogP contribution in [0.5, 0.6) is 5.75 Å². The molecule has 1 aromatic carbocycles. The maximum atomic E-state index is 12.5. The fourth-order valence-electron chi connectivity index (χ4n) is 3.82. The molecule has 2 unspecified atom stereocenters. The van der Waals surface area contributed by atoms with Crippen molar-refractivity contribution < 1.29 is 14.3 Å². The number of nitrogens with one attached hydrogen (secondary N) is 1. The molecule has 2 heterocycles. The summed E-state index contributed by atoms with van der Waals surface area (Å²) in [7, 11) is 0. The highest BCUT2D eigenvalue weighted by Crippen LogP contribution is 2.23. The Morgan fingerprint density at radius 3 is 2.55 bits per heavy atom. The molecule has 7 heteroatoms. The van der Waals surface area contributed by atoms with Gasteiger partial charge in [-0.15, -0.1) is 0 Å². The highest BCUT2D eigenvalue weighted by Gasteiger charge is 2.28. The number of piperidine rings is 1. The van der Waals surface area contributed by atoms with E-state index in [0.717, 1.165) is 25.8 Å². The third-order valence-electron chi connectivity index (χ3n) is 5.40. The molecule has 2 atom stereocenters. The zero-order valence-corrected chi connectivity index (χ0v) is 17.2. The lowest BCUT2D eigenvalue weighted by Crippen LogP contribution is -2.49. The molecule has 3 rings (SSSR count). The Hall–Kier alpha value is -2.83. The lowest BCUT2D eigenvalue weighted by Gasteiger charge is -2.38. The molecule has 1 aromatic heterocycles. The zero-order valence-electron chi connectivity index (χ0n) is 17.2. The molecule has 1 aliphatic rings. The quantitative estimate of drug-likeness (QED) is 0.694. The summed E-state index contributed by atoms with van der Waals surface area (Å²) in [4.78, 5) is 30.7. The van der Waals surface area contributed by atoms with Crippen molar-refractivity contribution in [2.24, 2.45) is 0 Å². The zero-order chi connectivity index (χ0) is 20.6. The average Bonchev–Trinajstić information content (AvgIpc) is 3.23. The number of hydrogen-bond donors (Lipinski definition) is 1. The number of benzene rings is 1. The van der Waals surface area contributed by atoms with E-state index < -0.39 is 0 Å². The Labute approximate surface area is 172 Å². The summed E-state index contributed by atoms with van der Waals surface area (Å²) in [6.07, 6.45) is 9.49. The third kappa shape index (κ3) is 5.82. The standard InChI is InChI=1S/C22H30N4O3/c1-17-5-3-6-18(2)26(17)21(27)15-29-20-9-7-19(8-10-20)22(28)24-11-4-13-25-14-12-23-16-25/h7-10,12,14,16-18H,3-6,11,13,15H2,1-2H3,(H,24,28). The van der Waals surface area contributed by atoms with Crippen LogP contribution in [0.4, 0.5) is 0 Å². The Bertz CT molecular complexity index is 779. The maximum absolute atomic E-state index is 12.5. The van der Waals surface area contributed by atoms with Crippen LogP contribution in [-0.2, 0) is 11.3 Å². The molecule has 0 radical (unpaired) electrons. The minimum absolute atomic E-state index is 0.0180. The van der Waals surface area contributed by atoms with Crippen LogP contribution in [-0.4, -0.2) is 51.5 Å². The third-order valence-corrected chi connectivity index (χ3v) is 5.40. The number of carbonyl (C=O) groups excluding carboxylic acids is 2. The van der Waals surface area contributed by atoms with Gasteiger partial charge in [-0.3, -0.25) is 9.59 Å². The summed E-state index contributed by atoms with van der Waals surface area (Å²) >= 11 is 0. The van der Waals surface area contributed by atoms with Crippen LogP contribution in [0.2, 0.25) is 0 Å².